The van der Waals surface area contributed by atoms with Gasteiger partial charge in [-0.1, -0.05) is 67.4 Å². The summed E-state index contributed by atoms with van der Waals surface area (Å²) >= 11 is 12.3. The van der Waals surface area contributed by atoms with E-state index in [1.54, 1.807) is 44.2 Å². The number of hydrogen-bond donors (Lipinski definition) is 1. The summed E-state index contributed by atoms with van der Waals surface area (Å²) in [6.45, 7) is 4.36. The minimum atomic E-state index is -4.81. The van der Waals surface area contributed by atoms with Gasteiger partial charge in [0.2, 0.25) is 11.8 Å². The molecular formula is C30H32Cl2F3N3O4S. The number of carbonyl (C=O) groups excluding carboxylic acids is 2. The van der Waals surface area contributed by atoms with Crippen molar-refractivity contribution in [3.8, 4) is 0 Å². The maximum absolute atomic E-state index is 14.1. The second-order valence-electron chi connectivity index (χ2n) is 9.88. The van der Waals surface area contributed by atoms with Gasteiger partial charge in [-0.2, -0.15) is 13.2 Å². The van der Waals surface area contributed by atoms with Crippen LogP contribution in [0.1, 0.15) is 44.7 Å². The molecule has 43 heavy (non-hydrogen) atoms. The fourth-order valence-corrected chi connectivity index (χ4v) is 6.10. The van der Waals surface area contributed by atoms with Crippen LogP contribution in [-0.4, -0.2) is 43.8 Å². The summed E-state index contributed by atoms with van der Waals surface area (Å²) in [7, 11) is -4.61. The molecule has 2 amide bonds. The summed E-state index contributed by atoms with van der Waals surface area (Å²) in [5.41, 5.74) is -1.08. The Labute approximate surface area is 259 Å². The lowest BCUT2D eigenvalue weighted by molar-refractivity contribution is -0.140. The van der Waals surface area contributed by atoms with E-state index in [-0.39, 0.29) is 28.9 Å². The number of anilines is 1. The van der Waals surface area contributed by atoms with Crippen molar-refractivity contribution in [1.82, 2.24) is 10.2 Å². The number of amides is 2. The second kappa shape index (κ2) is 14.5. The summed E-state index contributed by atoms with van der Waals surface area (Å²) in [5.74, 6) is -1.28. The standard InChI is InChI=1S/C30H32Cl2F3N3O4S/c1-4-20(3)36-29(40)26(5-2)37(18-21-11-14-23(31)15-12-21)28(39)19-38(43(41,42)24-9-7-6-8-10-24)27-17-22(30(33,34)35)13-16-25(27)32/h6-17,20,26H,4-5,18-19H2,1-3H3,(H,36,40). The van der Waals surface area contributed by atoms with E-state index in [1.165, 1.54) is 29.2 Å². The third-order valence-corrected chi connectivity index (χ3v) is 9.15. The van der Waals surface area contributed by atoms with Crippen LogP contribution >= 0.6 is 23.2 Å². The van der Waals surface area contributed by atoms with E-state index in [4.69, 9.17) is 23.2 Å². The predicted octanol–water partition coefficient (Wildman–Crippen LogP) is 6.93. The first-order valence-electron chi connectivity index (χ1n) is 13.5. The molecule has 0 saturated heterocycles. The van der Waals surface area contributed by atoms with Crippen molar-refractivity contribution in [2.24, 2.45) is 0 Å². The Hall–Kier alpha value is -3.28. The minimum Gasteiger partial charge on any atom is -0.352 e. The molecule has 2 unspecified atom stereocenters. The molecule has 3 rings (SSSR count). The SMILES string of the molecule is CCC(C)NC(=O)C(CC)N(Cc1ccc(Cl)cc1)C(=O)CN(c1cc(C(F)(F)F)ccc1Cl)S(=O)(=O)c1ccccc1. The number of carbonyl (C=O) groups is 2. The normalized spacial score (nSPS) is 13.2. The van der Waals surface area contributed by atoms with Gasteiger partial charge in [-0.25, -0.2) is 8.42 Å². The zero-order valence-corrected chi connectivity index (χ0v) is 26.1. The van der Waals surface area contributed by atoms with Crippen LogP contribution in [0.2, 0.25) is 10.0 Å². The van der Waals surface area contributed by atoms with Crippen LogP contribution in [0.5, 0.6) is 0 Å². The molecular weight excluding hydrogens is 626 g/mol. The molecule has 0 aliphatic rings. The van der Waals surface area contributed by atoms with E-state index < -0.39 is 51.9 Å². The number of sulfonamides is 1. The number of alkyl halides is 3. The van der Waals surface area contributed by atoms with Crippen molar-refractivity contribution in [3.63, 3.8) is 0 Å². The summed E-state index contributed by atoms with van der Waals surface area (Å²) in [6, 6.07) is 14.5. The highest BCUT2D eigenvalue weighted by atomic mass is 35.5. The van der Waals surface area contributed by atoms with Gasteiger partial charge in [0.1, 0.15) is 12.6 Å². The lowest BCUT2D eigenvalue weighted by Crippen LogP contribution is -2.53. The van der Waals surface area contributed by atoms with Gasteiger partial charge in [-0.15, -0.1) is 0 Å². The Morgan fingerprint density at radius 2 is 1.56 bits per heavy atom. The van der Waals surface area contributed by atoms with Crippen molar-refractivity contribution in [2.75, 3.05) is 10.8 Å². The van der Waals surface area contributed by atoms with Gasteiger partial charge in [0.15, 0.2) is 0 Å². The van der Waals surface area contributed by atoms with Crippen LogP contribution in [0.4, 0.5) is 18.9 Å². The van der Waals surface area contributed by atoms with Gasteiger partial charge in [-0.05, 0) is 67.8 Å². The molecule has 13 heteroatoms. The Morgan fingerprint density at radius 1 is 0.930 bits per heavy atom. The van der Waals surface area contributed by atoms with Gasteiger partial charge in [0.05, 0.1) is 21.2 Å². The maximum Gasteiger partial charge on any atom is 0.416 e. The molecule has 1 N–H and O–H groups in total. The summed E-state index contributed by atoms with van der Waals surface area (Å²) in [5, 5.41) is 2.99. The van der Waals surface area contributed by atoms with Gasteiger partial charge in [0.25, 0.3) is 10.0 Å². The van der Waals surface area contributed by atoms with Crippen LogP contribution in [0.3, 0.4) is 0 Å². The van der Waals surface area contributed by atoms with Crippen molar-refractivity contribution in [1.29, 1.82) is 0 Å². The zero-order valence-electron chi connectivity index (χ0n) is 23.7. The smallest absolute Gasteiger partial charge is 0.352 e. The van der Waals surface area contributed by atoms with Crippen LogP contribution in [0, 0.1) is 0 Å². The molecule has 0 aliphatic heterocycles. The van der Waals surface area contributed by atoms with Crippen LogP contribution in [0.25, 0.3) is 0 Å². The van der Waals surface area contributed by atoms with Crippen molar-refractivity contribution in [2.45, 2.75) is 63.3 Å². The third kappa shape index (κ3) is 8.64. The number of nitrogens with zero attached hydrogens (tertiary/aromatic N) is 2. The maximum atomic E-state index is 14.1. The fourth-order valence-electron chi connectivity index (χ4n) is 4.26. The molecule has 232 valence electrons. The monoisotopic (exact) mass is 657 g/mol. The number of nitrogens with one attached hydrogen (secondary N) is 1. The summed E-state index contributed by atoms with van der Waals surface area (Å²) < 4.78 is 69.3. The molecule has 0 aromatic heterocycles. The molecule has 0 heterocycles. The van der Waals surface area contributed by atoms with Gasteiger partial charge >= 0.3 is 6.18 Å². The molecule has 3 aromatic rings. The largest absolute Gasteiger partial charge is 0.416 e. The zero-order chi connectivity index (χ0) is 31.9. The Morgan fingerprint density at radius 3 is 2.12 bits per heavy atom. The molecule has 0 aliphatic carbocycles. The molecule has 0 fully saturated rings. The highest BCUT2D eigenvalue weighted by molar-refractivity contribution is 7.92. The Balaban J connectivity index is 2.15. The molecule has 0 spiro atoms. The van der Waals surface area contributed by atoms with E-state index in [2.05, 4.69) is 5.32 Å². The molecule has 3 aromatic carbocycles. The second-order valence-corrected chi connectivity index (χ2v) is 12.6. The van der Waals surface area contributed by atoms with Crippen LogP contribution in [-0.2, 0) is 32.3 Å². The first-order chi connectivity index (χ1) is 20.2. The van der Waals surface area contributed by atoms with E-state index in [1.807, 2.05) is 6.92 Å². The Bertz CT molecular complexity index is 1520. The minimum absolute atomic E-state index is 0.0992. The highest BCUT2D eigenvalue weighted by Gasteiger charge is 2.37. The predicted molar refractivity (Wildman–Crippen MR) is 161 cm³/mol. The Kier molecular flexibility index (Phi) is 11.5. The summed E-state index contributed by atoms with van der Waals surface area (Å²) in [6.07, 6.45) is -4.00. The van der Waals surface area contributed by atoms with Crippen molar-refractivity contribution < 1.29 is 31.2 Å². The highest BCUT2D eigenvalue weighted by Crippen LogP contribution is 2.37. The first-order valence-corrected chi connectivity index (χ1v) is 15.7. The molecule has 0 bridgehead atoms. The number of halogens is 5. The van der Waals surface area contributed by atoms with E-state index in [0.717, 1.165) is 12.1 Å². The van der Waals surface area contributed by atoms with Gasteiger partial charge in [0, 0.05) is 17.6 Å². The molecule has 0 radical (unpaired) electrons. The van der Waals surface area contributed by atoms with E-state index in [0.29, 0.717) is 27.4 Å². The number of hydrogen-bond acceptors (Lipinski definition) is 4. The summed E-state index contributed by atoms with van der Waals surface area (Å²) in [4.78, 5) is 28.3. The quantitative estimate of drug-likeness (QED) is 0.229. The van der Waals surface area contributed by atoms with Gasteiger partial charge < -0.3 is 10.2 Å². The molecule has 0 saturated carbocycles. The van der Waals surface area contributed by atoms with Crippen LogP contribution < -0.4 is 9.62 Å². The average molecular weight is 659 g/mol. The van der Waals surface area contributed by atoms with Gasteiger partial charge in [-0.3, -0.25) is 13.9 Å². The first kappa shape index (κ1) is 34.2. The third-order valence-electron chi connectivity index (χ3n) is 6.81. The molecule has 7 nitrogen and oxygen atoms in total. The van der Waals surface area contributed by atoms with E-state index >= 15 is 0 Å². The van der Waals surface area contributed by atoms with Crippen molar-refractivity contribution >= 4 is 50.7 Å². The van der Waals surface area contributed by atoms with Crippen molar-refractivity contribution in [3.05, 3.63) is 94.0 Å². The molecule has 2 atom stereocenters. The lowest BCUT2D eigenvalue weighted by atomic mass is 10.1. The fraction of sp³-hybridized carbons (Fsp3) is 0.333. The topological polar surface area (TPSA) is 86.8 Å². The average Bonchev–Trinajstić information content (AvgIpc) is 2.96. The lowest BCUT2D eigenvalue weighted by Gasteiger charge is -2.34. The number of rotatable bonds is 12. The number of benzene rings is 3. The van der Waals surface area contributed by atoms with E-state index in [9.17, 15) is 31.2 Å². The van der Waals surface area contributed by atoms with Crippen LogP contribution in [0.15, 0.2) is 77.7 Å².